The van der Waals surface area contributed by atoms with Gasteiger partial charge in [-0.2, -0.15) is 9.97 Å². The molecule has 0 radical (unpaired) electrons. The van der Waals surface area contributed by atoms with Gasteiger partial charge in [0, 0.05) is 5.56 Å². The Balaban J connectivity index is 1.63. The zero-order chi connectivity index (χ0) is 20.3. The number of hydrogen-bond acceptors (Lipinski definition) is 7. The largest absolute Gasteiger partial charge is 0.481 e. The zero-order valence-corrected chi connectivity index (χ0v) is 16.2. The normalized spacial score (nSPS) is 11.0. The Morgan fingerprint density at radius 1 is 0.897 bits per heavy atom. The zero-order valence-electron chi connectivity index (χ0n) is 16.2. The van der Waals surface area contributed by atoms with Gasteiger partial charge in [-0.15, -0.1) is 0 Å². The molecule has 0 bridgehead atoms. The lowest BCUT2D eigenvalue weighted by Crippen LogP contribution is -1.99. The van der Waals surface area contributed by atoms with Gasteiger partial charge in [-0.25, -0.2) is 0 Å². The smallest absolute Gasteiger partial charge is 0.328 e. The van der Waals surface area contributed by atoms with Crippen LogP contribution in [0.25, 0.3) is 6.08 Å². The lowest BCUT2D eigenvalue weighted by atomic mass is 10.2. The van der Waals surface area contributed by atoms with Crippen molar-refractivity contribution in [2.24, 2.45) is 5.16 Å². The highest BCUT2D eigenvalue weighted by Crippen LogP contribution is 2.25. The van der Waals surface area contributed by atoms with Gasteiger partial charge in [0.05, 0.1) is 26.5 Å². The third kappa shape index (κ3) is 6.07. The van der Waals surface area contributed by atoms with Gasteiger partial charge in [-0.1, -0.05) is 53.7 Å². The van der Waals surface area contributed by atoms with E-state index in [1.165, 1.54) is 14.2 Å². The third-order valence-electron chi connectivity index (χ3n) is 3.74. The highest BCUT2D eigenvalue weighted by Gasteiger charge is 2.09. The highest BCUT2D eigenvalue weighted by atomic mass is 16.6. The van der Waals surface area contributed by atoms with Crippen LogP contribution in [0.2, 0.25) is 0 Å². The van der Waals surface area contributed by atoms with Crippen molar-refractivity contribution in [3.05, 3.63) is 77.9 Å². The Morgan fingerprint density at radius 2 is 1.59 bits per heavy atom. The maximum atomic E-state index is 5.79. The summed E-state index contributed by atoms with van der Waals surface area (Å²) in [5, 5.41) is 4.00. The average molecular weight is 391 g/mol. The van der Waals surface area contributed by atoms with Crippen molar-refractivity contribution in [2.45, 2.75) is 0 Å². The summed E-state index contributed by atoms with van der Waals surface area (Å²) in [5.41, 5.74) is 1.82. The van der Waals surface area contributed by atoms with Crippen molar-refractivity contribution in [2.75, 3.05) is 20.8 Å². The van der Waals surface area contributed by atoms with Gasteiger partial charge in [-0.05, 0) is 23.8 Å². The van der Waals surface area contributed by atoms with Gasteiger partial charge < -0.3 is 19.0 Å². The summed E-state index contributed by atoms with van der Waals surface area (Å²) in [4.78, 5) is 13.6. The van der Waals surface area contributed by atoms with Crippen LogP contribution >= 0.6 is 0 Å². The Labute approximate surface area is 169 Å². The number of ether oxygens (including phenoxy) is 3. The molecule has 3 aromatic rings. The summed E-state index contributed by atoms with van der Waals surface area (Å²) in [7, 11) is 3.02. The maximum Gasteiger partial charge on any atom is 0.328 e. The van der Waals surface area contributed by atoms with Crippen LogP contribution in [-0.2, 0) is 4.84 Å². The quantitative estimate of drug-likeness (QED) is 0.307. The van der Waals surface area contributed by atoms with Crippen LogP contribution in [0.3, 0.4) is 0 Å². The first-order valence-electron chi connectivity index (χ1n) is 8.89. The number of aromatic nitrogens is 2. The number of para-hydroxylation sites is 1. The molecule has 7 heteroatoms. The molecule has 0 unspecified atom stereocenters. The van der Waals surface area contributed by atoms with Gasteiger partial charge in [-0.3, -0.25) is 0 Å². The topological polar surface area (TPSA) is 75.1 Å². The molecular weight excluding hydrogens is 370 g/mol. The minimum atomic E-state index is 0.105. The highest BCUT2D eigenvalue weighted by molar-refractivity contribution is 5.83. The molecule has 0 saturated carbocycles. The molecule has 0 spiro atoms. The van der Waals surface area contributed by atoms with Gasteiger partial charge in [0.2, 0.25) is 11.8 Å². The fraction of sp³-hybridized carbons (Fsp3) is 0.136. The molecule has 3 rings (SSSR count). The summed E-state index contributed by atoms with van der Waals surface area (Å²) >= 11 is 0. The SMILES string of the molecule is COc1cc(OC)nc(Oc2ccccc2/C=N/OC/C=C/c2ccccc2)n1. The third-order valence-corrected chi connectivity index (χ3v) is 3.74. The number of nitrogens with zero attached hydrogens (tertiary/aromatic N) is 3. The number of oxime groups is 1. The molecule has 1 heterocycles. The molecule has 148 valence electrons. The van der Waals surface area contributed by atoms with E-state index in [9.17, 15) is 0 Å². The van der Waals surface area contributed by atoms with Crippen LogP contribution in [-0.4, -0.2) is 37.0 Å². The molecule has 0 fully saturated rings. The van der Waals surface area contributed by atoms with Gasteiger partial charge in [0.25, 0.3) is 0 Å². The molecule has 0 aliphatic carbocycles. The summed E-state index contributed by atoms with van der Waals surface area (Å²) in [6.07, 6.45) is 5.44. The van der Waals surface area contributed by atoms with Gasteiger partial charge in [0.15, 0.2) is 0 Å². The number of hydrogen-bond donors (Lipinski definition) is 0. The molecule has 0 aliphatic heterocycles. The molecule has 7 nitrogen and oxygen atoms in total. The van der Waals surface area contributed by atoms with E-state index in [0.29, 0.717) is 29.7 Å². The van der Waals surface area contributed by atoms with E-state index in [-0.39, 0.29) is 6.01 Å². The fourth-order valence-electron chi connectivity index (χ4n) is 2.35. The number of methoxy groups -OCH3 is 2. The van der Waals surface area contributed by atoms with Crippen molar-refractivity contribution in [3.63, 3.8) is 0 Å². The molecule has 0 atom stereocenters. The van der Waals surface area contributed by atoms with E-state index in [1.807, 2.05) is 60.7 Å². The fourth-order valence-corrected chi connectivity index (χ4v) is 2.35. The van der Waals surface area contributed by atoms with E-state index < -0.39 is 0 Å². The van der Waals surface area contributed by atoms with Crippen molar-refractivity contribution in [3.8, 4) is 23.5 Å². The Hall–Kier alpha value is -3.87. The predicted octanol–water partition coefficient (Wildman–Crippen LogP) is 4.35. The first-order valence-corrected chi connectivity index (χ1v) is 8.89. The van der Waals surface area contributed by atoms with Crippen molar-refractivity contribution >= 4 is 12.3 Å². The molecule has 29 heavy (non-hydrogen) atoms. The summed E-state index contributed by atoms with van der Waals surface area (Å²) in [6, 6.07) is 19.0. The van der Waals surface area contributed by atoms with E-state index in [0.717, 1.165) is 5.56 Å². The molecule has 0 amide bonds. The standard InChI is InChI=1S/C22H21N3O4/c1-26-20-15-21(27-2)25-22(24-20)29-19-13-7-6-12-18(19)16-23-28-14-8-11-17-9-4-3-5-10-17/h3-13,15-16H,14H2,1-2H3/b11-8+,23-16+. The molecule has 2 aromatic carbocycles. The minimum absolute atomic E-state index is 0.105. The van der Waals surface area contributed by atoms with Crippen LogP contribution < -0.4 is 14.2 Å². The summed E-state index contributed by atoms with van der Waals surface area (Å²) in [5.74, 6) is 1.20. The van der Waals surface area contributed by atoms with Crippen molar-refractivity contribution in [1.29, 1.82) is 0 Å². The molecular formula is C22H21N3O4. The van der Waals surface area contributed by atoms with Crippen LogP contribution in [0.15, 0.2) is 71.9 Å². The maximum absolute atomic E-state index is 5.79. The first-order chi connectivity index (χ1) is 14.3. The number of rotatable bonds is 9. The first kappa shape index (κ1) is 19.9. The molecule has 0 aliphatic rings. The Bertz CT molecular complexity index is 953. The lowest BCUT2D eigenvalue weighted by molar-refractivity contribution is 0.177. The van der Waals surface area contributed by atoms with E-state index >= 15 is 0 Å². The Morgan fingerprint density at radius 3 is 2.31 bits per heavy atom. The Kier molecular flexibility index (Phi) is 7.17. The predicted molar refractivity (Wildman–Crippen MR) is 111 cm³/mol. The van der Waals surface area contributed by atoms with Gasteiger partial charge in [0.1, 0.15) is 12.4 Å². The molecule has 0 N–H and O–H groups in total. The molecule has 0 saturated heterocycles. The van der Waals surface area contributed by atoms with Crippen molar-refractivity contribution < 1.29 is 19.0 Å². The monoisotopic (exact) mass is 391 g/mol. The second kappa shape index (κ2) is 10.5. The number of benzene rings is 2. The lowest BCUT2D eigenvalue weighted by Gasteiger charge is -2.09. The van der Waals surface area contributed by atoms with Gasteiger partial charge >= 0.3 is 6.01 Å². The van der Waals surface area contributed by atoms with E-state index in [1.54, 1.807) is 18.3 Å². The molecule has 1 aromatic heterocycles. The summed E-state index contributed by atoms with van der Waals surface area (Å²) in [6.45, 7) is 0.352. The second-order valence-electron chi connectivity index (χ2n) is 5.72. The van der Waals surface area contributed by atoms with Crippen LogP contribution in [0.4, 0.5) is 0 Å². The average Bonchev–Trinajstić information content (AvgIpc) is 2.77. The van der Waals surface area contributed by atoms with E-state index in [4.69, 9.17) is 19.0 Å². The minimum Gasteiger partial charge on any atom is -0.481 e. The van der Waals surface area contributed by atoms with Crippen LogP contribution in [0.1, 0.15) is 11.1 Å². The van der Waals surface area contributed by atoms with Crippen LogP contribution in [0, 0.1) is 0 Å². The van der Waals surface area contributed by atoms with Crippen LogP contribution in [0.5, 0.6) is 23.5 Å². The van der Waals surface area contributed by atoms with Crippen molar-refractivity contribution in [1.82, 2.24) is 9.97 Å². The van der Waals surface area contributed by atoms with E-state index in [2.05, 4.69) is 15.1 Å². The second-order valence-corrected chi connectivity index (χ2v) is 5.72. The summed E-state index contributed by atoms with van der Waals surface area (Å²) < 4.78 is 16.1.